The highest BCUT2D eigenvalue weighted by atomic mass is 35.5. The van der Waals surface area contributed by atoms with Gasteiger partial charge in [-0.15, -0.1) is 0 Å². The lowest BCUT2D eigenvalue weighted by Gasteiger charge is -2.33. The van der Waals surface area contributed by atoms with Crippen molar-refractivity contribution in [2.75, 3.05) is 50.5 Å². The Balaban J connectivity index is 1.08. The summed E-state index contributed by atoms with van der Waals surface area (Å²) in [5, 5.41) is 0.273. The van der Waals surface area contributed by atoms with E-state index in [0.29, 0.717) is 52.6 Å². The monoisotopic (exact) mass is 641 g/mol. The Kier molecular flexibility index (Phi) is 10.1. The van der Waals surface area contributed by atoms with E-state index in [1.165, 1.54) is 15.5 Å². The fourth-order valence-corrected chi connectivity index (χ4v) is 6.51. The second kappa shape index (κ2) is 14.0. The van der Waals surface area contributed by atoms with Gasteiger partial charge >= 0.3 is 0 Å². The molecule has 226 valence electrons. The van der Waals surface area contributed by atoms with Crippen LogP contribution in [0.4, 0.5) is 10.5 Å². The lowest BCUT2D eigenvalue weighted by Crippen LogP contribution is -2.48. The third-order valence-corrected chi connectivity index (χ3v) is 9.48. The molecule has 0 radical (unpaired) electrons. The van der Waals surface area contributed by atoms with E-state index in [1.54, 1.807) is 66.7 Å². The molecule has 2 aliphatic rings. The Morgan fingerprint density at radius 3 is 2.07 bits per heavy atom. The maximum atomic E-state index is 13.1. The molecule has 2 amide bonds. The molecule has 2 saturated heterocycles. The molecule has 2 aliphatic heterocycles. The topological polar surface area (TPSA) is 96.5 Å². The highest BCUT2D eigenvalue weighted by molar-refractivity contribution is 8.19. The van der Waals surface area contributed by atoms with E-state index in [0.717, 1.165) is 49.8 Å². The Bertz CT molecular complexity index is 1570. The normalized spacial score (nSPS) is 17.5. The quantitative estimate of drug-likeness (QED) is 0.183. The van der Waals surface area contributed by atoms with Crippen molar-refractivity contribution in [3.05, 3.63) is 88.3 Å². The average Bonchev–Trinajstić information content (AvgIpc) is 3.27. The lowest BCUT2D eigenvalue weighted by atomic mass is 10.2. The van der Waals surface area contributed by atoms with Gasteiger partial charge in [0.2, 0.25) is 10.0 Å². The first-order valence-electron chi connectivity index (χ1n) is 13.9. The summed E-state index contributed by atoms with van der Waals surface area (Å²) in [6, 6.07) is 21.2. The molecule has 0 aromatic heterocycles. The zero-order valence-electron chi connectivity index (χ0n) is 23.6. The molecule has 0 spiro atoms. The van der Waals surface area contributed by atoms with Crippen molar-refractivity contribution < 1.29 is 27.5 Å². The van der Waals surface area contributed by atoms with E-state index < -0.39 is 10.0 Å². The van der Waals surface area contributed by atoms with Gasteiger partial charge in [-0.25, -0.2) is 13.3 Å². The molecule has 9 nitrogen and oxygen atoms in total. The zero-order valence-corrected chi connectivity index (χ0v) is 26.0. The number of benzene rings is 3. The maximum Gasteiger partial charge on any atom is 0.298 e. The summed E-state index contributed by atoms with van der Waals surface area (Å²) in [5.41, 5.74) is 1.26. The largest absolute Gasteiger partial charge is 0.494 e. The zero-order chi connectivity index (χ0) is 30.4. The Morgan fingerprint density at radius 2 is 1.44 bits per heavy atom. The Morgan fingerprint density at radius 1 is 0.837 bits per heavy atom. The van der Waals surface area contributed by atoms with Crippen LogP contribution in [0.5, 0.6) is 17.2 Å². The molecule has 0 unspecified atom stereocenters. The minimum atomic E-state index is -3.11. The van der Waals surface area contributed by atoms with Crippen LogP contribution in [0, 0.1) is 0 Å². The molecule has 3 aromatic rings. The molecular weight excluding hydrogens is 610 g/mol. The van der Waals surface area contributed by atoms with Crippen molar-refractivity contribution >= 4 is 56.3 Å². The molecule has 12 heteroatoms. The number of carbonyl (C=O) groups excluding carboxylic acids is 2. The number of amides is 2. The number of unbranched alkanes of at least 4 members (excludes halogenated alkanes) is 1. The minimum Gasteiger partial charge on any atom is -0.494 e. The SMILES string of the molecule is CS(=O)(=O)N1CCN(CCCCOc2ccc(N3C(=O)S/C(=C\c4ccc(Oc5ccc(Cl)cc5)cc4)C3=O)cc2)CC1. The summed E-state index contributed by atoms with van der Waals surface area (Å²) < 4.78 is 36.5. The number of sulfonamides is 1. The molecule has 0 atom stereocenters. The number of hydrogen-bond donors (Lipinski definition) is 0. The summed E-state index contributed by atoms with van der Waals surface area (Å²) >= 11 is 6.82. The van der Waals surface area contributed by atoms with Crippen LogP contribution in [-0.4, -0.2) is 74.4 Å². The average molecular weight is 642 g/mol. The number of nitrogens with zero attached hydrogens (tertiary/aromatic N) is 3. The molecule has 0 aliphatic carbocycles. The van der Waals surface area contributed by atoms with E-state index in [4.69, 9.17) is 21.1 Å². The van der Waals surface area contributed by atoms with Crippen LogP contribution in [0.1, 0.15) is 18.4 Å². The van der Waals surface area contributed by atoms with Gasteiger partial charge in [-0.05, 0) is 103 Å². The first kappa shape index (κ1) is 31.1. The Labute approximate surface area is 261 Å². The summed E-state index contributed by atoms with van der Waals surface area (Å²) in [5.74, 6) is 1.59. The summed E-state index contributed by atoms with van der Waals surface area (Å²) in [6.07, 6.45) is 4.75. The van der Waals surface area contributed by atoms with Crippen molar-refractivity contribution in [2.45, 2.75) is 12.8 Å². The van der Waals surface area contributed by atoms with E-state index in [1.807, 2.05) is 12.1 Å². The summed E-state index contributed by atoms with van der Waals surface area (Å²) in [4.78, 5) is 29.6. The molecule has 0 bridgehead atoms. The van der Waals surface area contributed by atoms with Gasteiger partial charge in [0.1, 0.15) is 17.2 Å². The van der Waals surface area contributed by atoms with Crippen molar-refractivity contribution in [2.24, 2.45) is 0 Å². The number of carbonyl (C=O) groups is 2. The molecule has 43 heavy (non-hydrogen) atoms. The predicted molar refractivity (Wildman–Crippen MR) is 170 cm³/mol. The predicted octanol–water partition coefficient (Wildman–Crippen LogP) is 6.11. The van der Waals surface area contributed by atoms with Gasteiger partial charge in [-0.3, -0.25) is 9.59 Å². The first-order valence-corrected chi connectivity index (χ1v) is 16.9. The van der Waals surface area contributed by atoms with Crippen LogP contribution in [-0.2, 0) is 14.8 Å². The summed E-state index contributed by atoms with van der Waals surface area (Å²) in [7, 11) is -3.11. The number of thioether (sulfide) groups is 1. The second-order valence-electron chi connectivity index (χ2n) is 10.2. The molecule has 3 aromatic carbocycles. The molecule has 2 fully saturated rings. The van der Waals surface area contributed by atoms with Crippen molar-refractivity contribution in [1.82, 2.24) is 9.21 Å². The maximum absolute atomic E-state index is 13.1. The molecule has 2 heterocycles. The smallest absolute Gasteiger partial charge is 0.298 e. The van der Waals surface area contributed by atoms with Crippen molar-refractivity contribution in [3.63, 3.8) is 0 Å². The standard InChI is InChI=1S/C31H32ClN3O6S2/c1-43(38,39)34-19-17-33(18-20-34)16-2-3-21-40-26-14-8-25(9-15-26)35-30(36)29(42-31(35)37)22-23-4-10-27(11-5-23)41-28-12-6-24(32)7-13-28/h4-15,22H,2-3,16-21H2,1H3/b29-22-. The molecular formula is C31H32ClN3O6S2. The van der Waals surface area contributed by atoms with Crippen molar-refractivity contribution in [1.29, 1.82) is 0 Å². The highest BCUT2D eigenvalue weighted by Crippen LogP contribution is 2.36. The minimum absolute atomic E-state index is 0.342. The highest BCUT2D eigenvalue weighted by Gasteiger charge is 2.36. The third-order valence-electron chi connectivity index (χ3n) is 7.05. The van der Waals surface area contributed by atoms with Crippen LogP contribution < -0.4 is 14.4 Å². The number of anilines is 1. The molecule has 5 rings (SSSR count). The molecule has 0 saturated carbocycles. The number of rotatable bonds is 11. The Hall–Kier alpha value is -3.35. The number of halogens is 1. The number of imide groups is 1. The van der Waals surface area contributed by atoms with Gasteiger partial charge in [0.15, 0.2) is 0 Å². The van der Waals surface area contributed by atoms with E-state index in [9.17, 15) is 18.0 Å². The number of piperazine rings is 1. The van der Waals surface area contributed by atoms with Gasteiger partial charge in [0, 0.05) is 31.2 Å². The van der Waals surface area contributed by atoms with Gasteiger partial charge in [0.25, 0.3) is 11.1 Å². The van der Waals surface area contributed by atoms with E-state index >= 15 is 0 Å². The third kappa shape index (κ3) is 8.39. The first-order chi connectivity index (χ1) is 20.7. The van der Waals surface area contributed by atoms with Crippen LogP contribution in [0.2, 0.25) is 5.02 Å². The number of hydrogen-bond acceptors (Lipinski definition) is 8. The van der Waals surface area contributed by atoms with Gasteiger partial charge in [0.05, 0.1) is 23.5 Å². The number of ether oxygens (including phenoxy) is 2. The lowest BCUT2D eigenvalue weighted by molar-refractivity contribution is -0.113. The second-order valence-corrected chi connectivity index (χ2v) is 13.6. The van der Waals surface area contributed by atoms with Crippen LogP contribution in [0.25, 0.3) is 6.08 Å². The van der Waals surface area contributed by atoms with Crippen molar-refractivity contribution in [3.8, 4) is 17.2 Å². The fraction of sp³-hybridized carbons (Fsp3) is 0.290. The van der Waals surface area contributed by atoms with Crippen LogP contribution in [0.3, 0.4) is 0 Å². The molecule has 0 N–H and O–H groups in total. The van der Waals surface area contributed by atoms with E-state index in [-0.39, 0.29) is 11.1 Å². The van der Waals surface area contributed by atoms with E-state index in [2.05, 4.69) is 4.90 Å². The van der Waals surface area contributed by atoms with Crippen LogP contribution >= 0.6 is 23.4 Å². The van der Waals surface area contributed by atoms with Gasteiger partial charge < -0.3 is 14.4 Å². The fourth-order valence-electron chi connectivity index (χ4n) is 4.72. The van der Waals surface area contributed by atoms with Gasteiger partial charge in [-0.1, -0.05) is 23.7 Å². The van der Waals surface area contributed by atoms with Crippen LogP contribution in [0.15, 0.2) is 77.7 Å². The summed E-state index contributed by atoms with van der Waals surface area (Å²) in [6.45, 7) is 3.99. The van der Waals surface area contributed by atoms with Gasteiger partial charge in [-0.2, -0.15) is 4.31 Å².